The minimum atomic E-state index is -1.08. The Morgan fingerprint density at radius 1 is 1.19 bits per heavy atom. The first-order valence-corrected chi connectivity index (χ1v) is 8.88. The molecule has 0 spiro atoms. The molecular formula is C20H25NO6. The van der Waals surface area contributed by atoms with E-state index in [0.717, 1.165) is 0 Å². The third-order valence-electron chi connectivity index (χ3n) is 4.62. The van der Waals surface area contributed by atoms with Crippen LogP contribution in [0.2, 0.25) is 0 Å². The van der Waals surface area contributed by atoms with E-state index < -0.39 is 23.5 Å². The Bertz CT molecular complexity index is 928. The van der Waals surface area contributed by atoms with Gasteiger partial charge in [0, 0.05) is 22.9 Å². The third kappa shape index (κ3) is 4.67. The number of hydrogen-bond donors (Lipinski definition) is 3. The maximum absolute atomic E-state index is 12.3. The zero-order valence-electron chi connectivity index (χ0n) is 16.0. The summed E-state index contributed by atoms with van der Waals surface area (Å²) in [6, 6.07) is 2.25. The van der Waals surface area contributed by atoms with Crippen LogP contribution in [0.5, 0.6) is 5.75 Å². The summed E-state index contributed by atoms with van der Waals surface area (Å²) in [4.78, 5) is 35.7. The minimum Gasteiger partial charge on any atom is -0.508 e. The van der Waals surface area contributed by atoms with Gasteiger partial charge in [-0.05, 0) is 50.3 Å². The van der Waals surface area contributed by atoms with E-state index in [1.54, 1.807) is 19.9 Å². The van der Waals surface area contributed by atoms with E-state index in [1.165, 1.54) is 6.07 Å². The van der Waals surface area contributed by atoms with Crippen molar-refractivity contribution >= 4 is 22.8 Å². The standard InChI is InChI=1S/C20H25NO6/c1-10(2)9-15(19(24)25)21-17(23)8-6-14-11(3)13-5-7-16(22)12(4)18(13)27-20(14)26/h5,7,10,15,22H,6,8-9H2,1-4H3,(H,21,23)(H,24,25)/t15-/m0/s1. The van der Waals surface area contributed by atoms with Gasteiger partial charge in [-0.25, -0.2) is 9.59 Å². The van der Waals surface area contributed by atoms with Crippen molar-refractivity contribution in [1.82, 2.24) is 5.32 Å². The third-order valence-corrected chi connectivity index (χ3v) is 4.62. The molecule has 0 radical (unpaired) electrons. The molecule has 1 aromatic heterocycles. The van der Waals surface area contributed by atoms with Gasteiger partial charge in [-0.2, -0.15) is 0 Å². The van der Waals surface area contributed by atoms with E-state index in [2.05, 4.69) is 5.32 Å². The van der Waals surface area contributed by atoms with E-state index in [9.17, 15) is 24.6 Å². The van der Waals surface area contributed by atoms with Crippen LogP contribution in [0.1, 0.15) is 43.4 Å². The molecule has 1 atom stereocenters. The van der Waals surface area contributed by atoms with Gasteiger partial charge in [0.1, 0.15) is 17.4 Å². The van der Waals surface area contributed by atoms with Crippen molar-refractivity contribution in [3.8, 4) is 5.75 Å². The van der Waals surface area contributed by atoms with Gasteiger partial charge in [0.05, 0.1) is 0 Å². The van der Waals surface area contributed by atoms with Crippen molar-refractivity contribution in [3.63, 3.8) is 0 Å². The van der Waals surface area contributed by atoms with Gasteiger partial charge in [0.25, 0.3) is 0 Å². The topological polar surface area (TPSA) is 117 Å². The highest BCUT2D eigenvalue weighted by molar-refractivity contribution is 5.86. The summed E-state index contributed by atoms with van der Waals surface area (Å²) in [5.74, 6) is -1.33. The number of aryl methyl sites for hydroxylation is 2. The highest BCUT2D eigenvalue weighted by atomic mass is 16.4. The summed E-state index contributed by atoms with van der Waals surface area (Å²) in [7, 11) is 0. The molecule has 2 rings (SSSR count). The van der Waals surface area contributed by atoms with Gasteiger partial charge in [-0.1, -0.05) is 13.8 Å². The Kier molecular flexibility index (Phi) is 6.25. The molecule has 146 valence electrons. The lowest BCUT2D eigenvalue weighted by Crippen LogP contribution is -2.41. The van der Waals surface area contributed by atoms with Crippen LogP contribution in [-0.2, 0) is 16.0 Å². The quantitative estimate of drug-likeness (QED) is 0.641. The molecule has 0 bridgehead atoms. The molecule has 0 unspecified atom stereocenters. The summed E-state index contributed by atoms with van der Waals surface area (Å²) < 4.78 is 5.35. The number of rotatable bonds is 7. The maximum Gasteiger partial charge on any atom is 0.339 e. The number of phenols is 1. The molecule has 0 aliphatic heterocycles. The average molecular weight is 375 g/mol. The van der Waals surface area contributed by atoms with Crippen LogP contribution in [0.25, 0.3) is 11.0 Å². The van der Waals surface area contributed by atoms with Crippen molar-refractivity contribution in [2.45, 2.75) is 53.0 Å². The van der Waals surface area contributed by atoms with Crippen molar-refractivity contribution in [2.75, 3.05) is 0 Å². The Balaban J connectivity index is 2.19. The highest BCUT2D eigenvalue weighted by Crippen LogP contribution is 2.28. The number of carbonyl (C=O) groups excluding carboxylic acids is 1. The molecule has 0 saturated heterocycles. The molecule has 1 heterocycles. The molecule has 0 aliphatic carbocycles. The molecule has 0 fully saturated rings. The van der Waals surface area contributed by atoms with E-state index >= 15 is 0 Å². The number of nitrogens with one attached hydrogen (secondary N) is 1. The van der Waals surface area contributed by atoms with Crippen LogP contribution in [0, 0.1) is 19.8 Å². The van der Waals surface area contributed by atoms with Gasteiger partial charge in [0.15, 0.2) is 0 Å². The number of phenolic OH excluding ortho intramolecular Hbond substituents is 1. The number of fused-ring (bicyclic) bond motifs is 1. The molecule has 1 aromatic carbocycles. The normalized spacial score (nSPS) is 12.3. The fraction of sp³-hybridized carbons (Fsp3) is 0.450. The van der Waals surface area contributed by atoms with Crippen molar-refractivity contribution in [1.29, 1.82) is 0 Å². The Morgan fingerprint density at radius 2 is 1.85 bits per heavy atom. The zero-order valence-corrected chi connectivity index (χ0v) is 16.0. The summed E-state index contributed by atoms with van der Waals surface area (Å²) in [5.41, 5.74) is 1.31. The van der Waals surface area contributed by atoms with Crippen molar-refractivity contribution in [2.24, 2.45) is 5.92 Å². The summed E-state index contributed by atoms with van der Waals surface area (Å²) >= 11 is 0. The Labute approximate surface area is 157 Å². The predicted molar refractivity (Wildman–Crippen MR) is 101 cm³/mol. The molecule has 7 nitrogen and oxygen atoms in total. The second-order valence-electron chi connectivity index (χ2n) is 7.17. The minimum absolute atomic E-state index is 0.0178. The number of hydrogen-bond acceptors (Lipinski definition) is 5. The van der Waals surface area contributed by atoms with Gasteiger partial charge in [-0.3, -0.25) is 4.79 Å². The number of aliphatic carboxylic acids is 1. The number of carboxylic acid groups (broad SMARTS) is 1. The average Bonchev–Trinajstić information content (AvgIpc) is 2.57. The van der Waals surface area contributed by atoms with Gasteiger partial charge in [0.2, 0.25) is 5.91 Å². The molecule has 7 heteroatoms. The van der Waals surface area contributed by atoms with Gasteiger partial charge >= 0.3 is 11.6 Å². The second-order valence-corrected chi connectivity index (χ2v) is 7.17. The lowest BCUT2D eigenvalue weighted by atomic mass is 10.00. The first kappa shape index (κ1) is 20.5. The van der Waals surface area contributed by atoms with Gasteiger partial charge in [-0.15, -0.1) is 0 Å². The monoisotopic (exact) mass is 375 g/mol. The van der Waals surface area contributed by atoms with Gasteiger partial charge < -0.3 is 19.9 Å². The largest absolute Gasteiger partial charge is 0.508 e. The van der Waals surface area contributed by atoms with Crippen LogP contribution in [-0.4, -0.2) is 28.1 Å². The molecule has 3 N–H and O–H groups in total. The zero-order chi connectivity index (χ0) is 20.3. The SMILES string of the molecule is Cc1c(CCC(=O)N[C@@H](CC(C)C)C(=O)O)c(=O)oc2c(C)c(O)ccc12. The molecule has 0 saturated carbocycles. The second kappa shape index (κ2) is 8.24. The predicted octanol–water partition coefficient (Wildman–Crippen LogP) is 2.66. The molecule has 1 amide bonds. The molecular weight excluding hydrogens is 350 g/mol. The summed E-state index contributed by atoms with van der Waals surface area (Å²) in [5, 5.41) is 22.2. The number of amides is 1. The van der Waals surface area contributed by atoms with E-state index in [1.807, 2.05) is 13.8 Å². The fourth-order valence-electron chi connectivity index (χ4n) is 3.07. The Morgan fingerprint density at radius 3 is 2.44 bits per heavy atom. The first-order valence-electron chi connectivity index (χ1n) is 8.88. The summed E-state index contributed by atoms with van der Waals surface area (Å²) in [6.07, 6.45) is 0.459. The number of carbonyl (C=O) groups is 2. The van der Waals surface area contributed by atoms with E-state index in [-0.39, 0.29) is 24.5 Å². The summed E-state index contributed by atoms with van der Waals surface area (Å²) in [6.45, 7) is 7.19. The molecule has 2 aromatic rings. The molecule has 27 heavy (non-hydrogen) atoms. The first-order chi connectivity index (χ1) is 12.6. The smallest absolute Gasteiger partial charge is 0.339 e. The van der Waals surface area contributed by atoms with Crippen LogP contribution in [0.3, 0.4) is 0 Å². The fourth-order valence-corrected chi connectivity index (χ4v) is 3.07. The number of benzene rings is 1. The maximum atomic E-state index is 12.3. The van der Waals surface area contributed by atoms with Crippen LogP contribution in [0.15, 0.2) is 21.3 Å². The van der Waals surface area contributed by atoms with E-state index in [4.69, 9.17) is 4.42 Å². The lowest BCUT2D eigenvalue weighted by Gasteiger charge is -2.16. The molecule has 0 aliphatic rings. The number of aromatic hydroxyl groups is 1. The van der Waals surface area contributed by atoms with Crippen LogP contribution in [0.4, 0.5) is 0 Å². The highest BCUT2D eigenvalue weighted by Gasteiger charge is 2.22. The Hall–Kier alpha value is -2.83. The lowest BCUT2D eigenvalue weighted by molar-refractivity contribution is -0.142. The van der Waals surface area contributed by atoms with Crippen molar-refractivity contribution < 1.29 is 24.2 Å². The number of carboxylic acids is 1. The van der Waals surface area contributed by atoms with Crippen LogP contribution < -0.4 is 10.9 Å². The van der Waals surface area contributed by atoms with Crippen molar-refractivity contribution in [3.05, 3.63) is 39.2 Å². The van der Waals surface area contributed by atoms with Crippen LogP contribution >= 0.6 is 0 Å². The van der Waals surface area contributed by atoms with E-state index in [0.29, 0.717) is 34.1 Å².